The molecule has 3 spiro atoms. The number of hydrogen-bond acceptors (Lipinski definition) is 4. The third kappa shape index (κ3) is 4.08. The fourth-order valence-corrected chi connectivity index (χ4v) is 12.4. The molecule has 1 amide bonds. The van der Waals surface area contributed by atoms with Crippen LogP contribution in [-0.4, -0.2) is 40.1 Å². The highest BCUT2D eigenvalue weighted by Gasteiger charge is 2.76. The minimum absolute atomic E-state index is 0.0496. The van der Waals surface area contributed by atoms with Crippen molar-refractivity contribution in [2.24, 2.45) is 33.5 Å². The van der Waals surface area contributed by atoms with E-state index in [1.807, 2.05) is 23.1 Å². The molecule has 1 saturated heterocycles. The quantitative estimate of drug-likeness (QED) is 0.274. The van der Waals surface area contributed by atoms with E-state index in [1.165, 1.54) is 6.07 Å². The van der Waals surface area contributed by atoms with Crippen molar-refractivity contribution in [2.75, 3.05) is 6.54 Å². The van der Waals surface area contributed by atoms with Crippen molar-refractivity contribution in [1.82, 2.24) is 4.90 Å². The highest BCUT2D eigenvalue weighted by molar-refractivity contribution is 6.31. The number of benzene rings is 3. The Bertz CT molecular complexity index is 1970. The number of halogens is 2. The van der Waals surface area contributed by atoms with Crippen LogP contribution in [0.25, 0.3) is 10.8 Å². The van der Waals surface area contributed by atoms with Gasteiger partial charge in [0, 0.05) is 45.4 Å². The van der Waals surface area contributed by atoms with Gasteiger partial charge >= 0.3 is 6.09 Å². The zero-order valence-electron chi connectivity index (χ0n) is 28.2. The van der Waals surface area contributed by atoms with Crippen molar-refractivity contribution < 1.29 is 23.8 Å². The number of nitrogens with zero attached hydrogens (tertiary/aromatic N) is 1. The van der Waals surface area contributed by atoms with Crippen molar-refractivity contribution in [3.05, 3.63) is 106 Å². The van der Waals surface area contributed by atoms with Crippen LogP contribution >= 0.6 is 11.6 Å². The van der Waals surface area contributed by atoms with E-state index in [4.69, 9.17) is 16.3 Å². The number of ether oxygens (including phenoxy) is 1. The van der Waals surface area contributed by atoms with E-state index >= 15 is 4.39 Å². The molecule has 7 aliphatic rings. The van der Waals surface area contributed by atoms with Crippen LogP contribution in [0.15, 0.2) is 84.5 Å². The molecule has 2 bridgehead atoms. The molecule has 4 fully saturated rings. The minimum atomic E-state index is -0.675. The molecule has 3 saturated carbocycles. The van der Waals surface area contributed by atoms with Gasteiger partial charge in [0.25, 0.3) is 0 Å². The maximum absolute atomic E-state index is 15.1. The first kappa shape index (κ1) is 31.5. The number of aliphatic hydroxyl groups is 1. The van der Waals surface area contributed by atoms with Crippen LogP contribution in [-0.2, 0) is 22.5 Å². The van der Waals surface area contributed by atoms with Gasteiger partial charge in [0.15, 0.2) is 5.78 Å². The Kier molecular flexibility index (Phi) is 6.76. The summed E-state index contributed by atoms with van der Waals surface area (Å²) in [5.41, 5.74) is -0.143. The number of carbonyl (C=O) groups excluding carboxylic acids is 2. The number of hydrogen-bond donors (Lipinski definition) is 1. The molecule has 3 aromatic rings. The summed E-state index contributed by atoms with van der Waals surface area (Å²) in [4.78, 5) is 30.4. The lowest BCUT2D eigenvalue weighted by molar-refractivity contribution is -0.168. The lowest BCUT2D eigenvalue weighted by Crippen LogP contribution is -2.67. The molecule has 5 nitrogen and oxygen atoms in total. The summed E-state index contributed by atoms with van der Waals surface area (Å²) >= 11 is 6.48. The van der Waals surface area contributed by atoms with Crippen LogP contribution in [0.2, 0.25) is 5.02 Å². The van der Waals surface area contributed by atoms with E-state index in [-0.39, 0.29) is 51.5 Å². The SMILES string of the molecule is C[C@]12CC[C@H]3[C@]4(C=C[C@@]5(C=C4C(=O)Cc4c(F)cccc4Cl)C[C@@H](O)CC[C@]35C)[C@@H]1CC[C@@]21CN(Cc2cccc3ccccc23)C(=O)O1. The third-order valence-corrected chi connectivity index (χ3v) is 15.0. The van der Waals surface area contributed by atoms with Crippen LogP contribution < -0.4 is 0 Å². The van der Waals surface area contributed by atoms with E-state index in [2.05, 4.69) is 56.3 Å². The summed E-state index contributed by atoms with van der Waals surface area (Å²) in [5, 5.41) is 13.5. The normalized spacial score (nSPS) is 38.7. The molecule has 0 radical (unpaired) electrons. The van der Waals surface area contributed by atoms with Gasteiger partial charge in [0.05, 0.1) is 12.6 Å². The van der Waals surface area contributed by atoms with Gasteiger partial charge < -0.3 is 9.84 Å². The first-order valence-corrected chi connectivity index (χ1v) is 18.4. The zero-order chi connectivity index (χ0) is 34.0. The molecule has 7 heteroatoms. The Morgan fingerprint density at radius 2 is 1.69 bits per heavy atom. The zero-order valence-corrected chi connectivity index (χ0v) is 28.9. The average molecular weight is 680 g/mol. The fourth-order valence-electron chi connectivity index (χ4n) is 12.2. The summed E-state index contributed by atoms with van der Waals surface area (Å²) in [5.74, 6) is -0.349. The first-order chi connectivity index (χ1) is 23.5. The highest BCUT2D eigenvalue weighted by atomic mass is 35.5. The molecular formula is C42H43ClFNO4. The number of amides is 1. The van der Waals surface area contributed by atoms with Crippen LogP contribution in [0, 0.1) is 39.3 Å². The topological polar surface area (TPSA) is 66.8 Å². The highest BCUT2D eigenvalue weighted by Crippen LogP contribution is 2.79. The molecular weight excluding hydrogens is 637 g/mol. The molecule has 49 heavy (non-hydrogen) atoms. The predicted molar refractivity (Wildman–Crippen MR) is 187 cm³/mol. The van der Waals surface area contributed by atoms with Crippen LogP contribution in [0.1, 0.15) is 69.9 Å². The molecule has 254 valence electrons. The fraction of sp³-hybridized carbons (Fsp3) is 0.476. The monoisotopic (exact) mass is 679 g/mol. The van der Waals surface area contributed by atoms with Gasteiger partial charge in [0.1, 0.15) is 11.4 Å². The molecule has 1 aliphatic heterocycles. The maximum atomic E-state index is 15.1. The van der Waals surface area contributed by atoms with E-state index in [0.29, 0.717) is 19.5 Å². The van der Waals surface area contributed by atoms with Gasteiger partial charge in [-0.2, -0.15) is 0 Å². The number of rotatable bonds is 5. The Morgan fingerprint density at radius 3 is 2.53 bits per heavy atom. The Labute approximate surface area is 292 Å². The smallest absolute Gasteiger partial charge is 0.410 e. The van der Waals surface area contributed by atoms with Gasteiger partial charge in [-0.25, -0.2) is 9.18 Å². The largest absolute Gasteiger partial charge is 0.440 e. The minimum Gasteiger partial charge on any atom is -0.440 e. The predicted octanol–water partition coefficient (Wildman–Crippen LogP) is 9.00. The van der Waals surface area contributed by atoms with Crippen LogP contribution in [0.5, 0.6) is 0 Å². The number of carbonyl (C=O) groups is 2. The van der Waals surface area contributed by atoms with Crippen LogP contribution in [0.3, 0.4) is 0 Å². The Balaban J connectivity index is 1.11. The summed E-state index contributed by atoms with van der Waals surface area (Å²) in [6.07, 6.45) is 11.5. The maximum Gasteiger partial charge on any atom is 0.410 e. The molecule has 6 aliphatic carbocycles. The van der Waals surface area contributed by atoms with Gasteiger partial charge in [-0.1, -0.05) is 92.2 Å². The molecule has 1 heterocycles. The summed E-state index contributed by atoms with van der Waals surface area (Å²) in [6, 6.07) is 19.1. The Hall–Kier alpha value is -3.48. The van der Waals surface area contributed by atoms with Crippen molar-refractivity contribution in [2.45, 2.75) is 83.5 Å². The number of fused-ring (bicyclic) bond motifs is 3. The lowest BCUT2D eigenvalue weighted by atomic mass is 9.32. The van der Waals surface area contributed by atoms with Gasteiger partial charge in [-0.3, -0.25) is 9.69 Å². The standard InChI is InChI=1S/C42H43ClFNO4/c1-38-16-13-28(46)22-40(38)19-20-42(31(23-40)34(47)21-30-32(43)11-6-12-33(30)44)35(38)14-17-39(2)36(42)15-18-41(39)25-45(37(48)49-41)24-27-9-5-8-26-7-3-4-10-29(26)27/h3-12,19-20,23,28,35-36,46H,13-18,21-22,24-25H2,1-2H3/t28-,35+,36+,38+,39-,40-,41+,42+/m0/s1. The summed E-state index contributed by atoms with van der Waals surface area (Å²) in [6.45, 7) is 5.67. The number of Topliss-reactive ketones (excluding diaryl/α,β-unsaturated/α-hetero) is 1. The first-order valence-electron chi connectivity index (χ1n) is 18.0. The molecule has 8 atom stereocenters. The number of aliphatic hydroxyl groups excluding tert-OH is 1. The van der Waals surface area contributed by atoms with E-state index in [9.17, 15) is 14.7 Å². The average Bonchev–Trinajstić information content (AvgIpc) is 3.56. The van der Waals surface area contributed by atoms with E-state index < -0.39 is 28.4 Å². The van der Waals surface area contributed by atoms with Gasteiger partial charge in [-0.05, 0) is 90.7 Å². The molecule has 0 aromatic heterocycles. The van der Waals surface area contributed by atoms with Gasteiger partial charge in [-0.15, -0.1) is 0 Å². The number of ketones is 1. The molecule has 0 unspecified atom stereocenters. The second kappa shape index (κ2) is 10.5. The van der Waals surface area contributed by atoms with Crippen molar-refractivity contribution in [3.8, 4) is 0 Å². The third-order valence-electron chi connectivity index (χ3n) is 14.6. The van der Waals surface area contributed by atoms with Crippen molar-refractivity contribution >= 4 is 34.2 Å². The van der Waals surface area contributed by atoms with Crippen LogP contribution in [0.4, 0.5) is 9.18 Å². The van der Waals surface area contributed by atoms with Crippen molar-refractivity contribution in [1.29, 1.82) is 0 Å². The Morgan fingerprint density at radius 1 is 0.959 bits per heavy atom. The molecule has 1 N–H and O–H groups in total. The summed E-state index contributed by atoms with van der Waals surface area (Å²) < 4.78 is 21.7. The van der Waals surface area contributed by atoms with Crippen molar-refractivity contribution in [3.63, 3.8) is 0 Å². The van der Waals surface area contributed by atoms with E-state index in [0.717, 1.165) is 60.4 Å². The number of allylic oxidation sites excluding steroid dienone is 4. The van der Waals surface area contributed by atoms with E-state index in [1.54, 1.807) is 12.1 Å². The molecule has 10 rings (SSSR count). The lowest BCUT2D eigenvalue weighted by Gasteiger charge is -2.71. The second-order valence-corrected chi connectivity index (χ2v) is 16.8. The van der Waals surface area contributed by atoms with Gasteiger partial charge in [0.2, 0.25) is 0 Å². The second-order valence-electron chi connectivity index (χ2n) is 16.4. The molecule has 3 aromatic carbocycles. The summed E-state index contributed by atoms with van der Waals surface area (Å²) in [7, 11) is 0.